The van der Waals surface area contributed by atoms with Gasteiger partial charge in [0.05, 0.1) is 5.56 Å². The number of hydrogen-bond donors (Lipinski definition) is 0. The van der Waals surface area contributed by atoms with Crippen molar-refractivity contribution in [3.05, 3.63) is 64.7 Å². The van der Waals surface area contributed by atoms with Gasteiger partial charge in [0.2, 0.25) is 0 Å². The van der Waals surface area contributed by atoms with Crippen molar-refractivity contribution in [3.63, 3.8) is 0 Å². The van der Waals surface area contributed by atoms with Gasteiger partial charge in [-0.15, -0.1) is 0 Å². The Morgan fingerprint density at radius 3 is 2.09 bits per heavy atom. The quantitative estimate of drug-likeness (QED) is 0.632. The number of carbonyl (C=O) groups excluding carboxylic acids is 1. The van der Waals surface area contributed by atoms with Crippen LogP contribution in [0.2, 0.25) is 0 Å². The van der Waals surface area contributed by atoms with Gasteiger partial charge in [0.25, 0.3) is 0 Å². The van der Waals surface area contributed by atoms with E-state index in [-0.39, 0.29) is 29.6 Å². The third-order valence-corrected chi connectivity index (χ3v) is 3.76. The van der Waals surface area contributed by atoms with E-state index in [9.17, 15) is 9.36 Å². The zero-order chi connectivity index (χ0) is 15.4. The zero-order valence-electron chi connectivity index (χ0n) is 13.2. The minimum absolute atomic E-state index is 0. The molecule has 2 rings (SSSR count). The summed E-state index contributed by atoms with van der Waals surface area (Å²) in [7, 11) is -2.93. The molecule has 0 aromatic heterocycles. The van der Waals surface area contributed by atoms with E-state index in [1.807, 2.05) is 39.0 Å². The van der Waals surface area contributed by atoms with Crippen molar-refractivity contribution in [2.24, 2.45) is 0 Å². The smallest absolute Gasteiger partial charge is 0.418 e. The summed E-state index contributed by atoms with van der Waals surface area (Å²) < 4.78 is 21.8. The first-order chi connectivity index (χ1) is 9.97. The van der Waals surface area contributed by atoms with Crippen molar-refractivity contribution in [2.75, 3.05) is 0 Å². The summed E-state index contributed by atoms with van der Waals surface area (Å²) in [4.78, 5) is 12.1. The van der Waals surface area contributed by atoms with Crippen molar-refractivity contribution in [3.8, 4) is 5.75 Å². The number of carbonyl (C=O) groups is 1. The van der Waals surface area contributed by atoms with Gasteiger partial charge in [-0.2, -0.15) is 0 Å². The Hall–Kier alpha value is -1.06. The fraction of sp³-hybridized carbons (Fsp3) is 0.188. The van der Waals surface area contributed by atoms with Crippen LogP contribution in [0.4, 0.5) is 0 Å². The molecule has 111 valence electrons. The number of hydrogen-bond acceptors (Lipinski definition) is 4. The van der Waals surface area contributed by atoms with Crippen molar-refractivity contribution in [1.82, 2.24) is 0 Å². The van der Waals surface area contributed by atoms with E-state index < -0.39 is 14.2 Å². The van der Waals surface area contributed by atoms with Crippen LogP contribution in [0.5, 0.6) is 5.75 Å². The fourth-order valence-corrected chi connectivity index (χ4v) is 2.86. The summed E-state index contributed by atoms with van der Waals surface area (Å²) in [5.74, 6) is -0.212. The summed E-state index contributed by atoms with van der Waals surface area (Å²) in [6.45, 7) is 5.61. The molecule has 0 aliphatic heterocycles. The van der Waals surface area contributed by atoms with Crippen LogP contribution in [0.3, 0.4) is 0 Å². The van der Waals surface area contributed by atoms with Gasteiger partial charge in [0.1, 0.15) is 5.75 Å². The van der Waals surface area contributed by atoms with Gasteiger partial charge in [-0.25, -0.2) is 9.36 Å². The van der Waals surface area contributed by atoms with E-state index in [0.717, 1.165) is 16.7 Å². The van der Waals surface area contributed by atoms with Gasteiger partial charge >= 0.3 is 14.2 Å². The van der Waals surface area contributed by atoms with Crippen LogP contribution in [-0.2, 0) is 9.09 Å². The van der Waals surface area contributed by atoms with Gasteiger partial charge < -0.3 is 9.05 Å². The van der Waals surface area contributed by atoms with Crippen molar-refractivity contribution >= 4 is 43.8 Å². The first-order valence-electron chi connectivity index (χ1n) is 6.54. The zero-order valence-corrected chi connectivity index (χ0v) is 16.2. The average Bonchev–Trinajstić information content (AvgIpc) is 2.38. The second kappa shape index (κ2) is 8.54. The maximum Gasteiger partial charge on any atom is 0.421 e. The Labute approximate surface area is 153 Å². The Kier molecular flexibility index (Phi) is 7.37. The predicted molar refractivity (Wildman–Crippen MR) is 87.9 cm³/mol. The molecule has 0 aliphatic carbocycles. The maximum absolute atomic E-state index is 12.1. The third kappa shape index (κ3) is 4.99. The molecule has 2 aromatic rings. The van der Waals surface area contributed by atoms with Crippen LogP contribution >= 0.6 is 8.25 Å². The molecule has 0 saturated carbocycles. The Balaban J connectivity index is 0.00000242. The fourth-order valence-electron chi connectivity index (χ4n) is 2.23. The summed E-state index contributed by atoms with van der Waals surface area (Å²) in [6, 6.07) is 12.4. The van der Waals surface area contributed by atoms with Crippen LogP contribution in [0.15, 0.2) is 42.5 Å². The predicted octanol–water partition coefficient (Wildman–Crippen LogP) is 3.86. The van der Waals surface area contributed by atoms with Crippen molar-refractivity contribution in [1.29, 1.82) is 0 Å². The number of aryl methyl sites for hydroxylation is 3. The normalized spacial score (nSPS) is 11.2. The van der Waals surface area contributed by atoms with E-state index in [1.165, 1.54) is 0 Å². The first-order valence-corrected chi connectivity index (χ1v) is 7.76. The molecule has 1 radical (unpaired) electrons. The molecule has 1 atom stereocenters. The summed E-state index contributed by atoms with van der Waals surface area (Å²) in [5, 5.41) is 0. The Morgan fingerprint density at radius 1 is 1.00 bits per heavy atom. The van der Waals surface area contributed by atoms with Crippen LogP contribution in [-0.4, -0.2) is 35.5 Å². The van der Waals surface area contributed by atoms with Gasteiger partial charge in [0, 0.05) is 29.6 Å². The second-order valence-corrected chi connectivity index (χ2v) is 5.74. The van der Waals surface area contributed by atoms with E-state index in [2.05, 4.69) is 0 Å². The van der Waals surface area contributed by atoms with Crippen molar-refractivity contribution in [2.45, 2.75) is 20.8 Å². The topological polar surface area (TPSA) is 52.6 Å². The number of rotatable bonds is 4. The van der Waals surface area contributed by atoms with Gasteiger partial charge in [-0.1, -0.05) is 35.9 Å². The molecule has 0 amide bonds. The van der Waals surface area contributed by atoms with Crippen LogP contribution in [0, 0.1) is 20.8 Å². The molecule has 0 heterocycles. The number of para-hydroxylation sites is 1. The largest absolute Gasteiger partial charge is 0.421 e. The SMILES string of the molecule is Cc1cc(C)c(C(=O)O[PH](=O)Oc2ccccc2)c(C)c1.[Na]. The van der Waals surface area contributed by atoms with Gasteiger partial charge in [-0.3, -0.25) is 0 Å². The molecule has 2 aromatic carbocycles. The van der Waals surface area contributed by atoms with Crippen LogP contribution in [0.25, 0.3) is 0 Å². The van der Waals surface area contributed by atoms with Crippen LogP contribution < -0.4 is 4.52 Å². The molecule has 0 saturated heterocycles. The van der Waals surface area contributed by atoms with Gasteiger partial charge in [-0.05, 0) is 44.0 Å². The van der Waals surface area contributed by atoms with Crippen LogP contribution in [0.1, 0.15) is 27.0 Å². The standard InChI is InChI=1S/C16H17O4P.Na/c1-11-9-12(2)15(13(3)10-11)16(17)20-21(18)19-14-7-5-4-6-8-14;/h4-10,21H,1-3H3;. The molecule has 4 nitrogen and oxygen atoms in total. The Bertz CT molecular complexity index is 663. The molecule has 0 fully saturated rings. The third-order valence-electron chi connectivity index (χ3n) is 3.00. The van der Waals surface area contributed by atoms with Gasteiger partial charge in [0.15, 0.2) is 0 Å². The summed E-state index contributed by atoms with van der Waals surface area (Å²) >= 11 is 0. The maximum atomic E-state index is 12.1. The molecule has 0 bridgehead atoms. The second-order valence-electron chi connectivity index (χ2n) is 4.83. The number of benzene rings is 2. The molecule has 6 heteroatoms. The first kappa shape index (κ1) is 19.0. The molecule has 0 spiro atoms. The minimum atomic E-state index is -2.93. The van der Waals surface area contributed by atoms with E-state index >= 15 is 0 Å². The molecule has 0 aliphatic rings. The molecular weight excluding hydrogens is 310 g/mol. The van der Waals surface area contributed by atoms with E-state index in [1.54, 1.807) is 24.3 Å². The summed E-state index contributed by atoms with van der Waals surface area (Å²) in [5.41, 5.74) is 3.10. The molecule has 0 N–H and O–H groups in total. The summed E-state index contributed by atoms with van der Waals surface area (Å²) in [6.07, 6.45) is 0. The average molecular weight is 327 g/mol. The molecule has 22 heavy (non-hydrogen) atoms. The monoisotopic (exact) mass is 327 g/mol. The van der Waals surface area contributed by atoms with E-state index in [4.69, 9.17) is 9.05 Å². The Morgan fingerprint density at radius 2 is 1.55 bits per heavy atom. The molecule has 1 unspecified atom stereocenters. The van der Waals surface area contributed by atoms with E-state index in [0.29, 0.717) is 11.3 Å². The van der Waals surface area contributed by atoms with Crippen molar-refractivity contribution < 1.29 is 18.4 Å². The molecular formula is C16H17NaO4P. The minimum Gasteiger partial charge on any atom is -0.418 e.